The molecule has 24 heavy (non-hydrogen) atoms. The molecule has 2 amide bonds. The molecule has 0 saturated heterocycles. The molecule has 0 aromatic heterocycles. The molecule has 126 valence electrons. The quantitative estimate of drug-likeness (QED) is 0.816. The second-order valence-corrected chi connectivity index (χ2v) is 5.34. The Hall–Kier alpha value is -3.02. The molecule has 2 N–H and O–H groups in total. The van der Waals surface area contributed by atoms with Crippen molar-refractivity contribution in [2.24, 2.45) is 0 Å². The monoisotopic (exact) mass is 328 g/mol. The van der Waals surface area contributed by atoms with Crippen molar-refractivity contribution in [3.05, 3.63) is 54.1 Å². The number of anilines is 2. The van der Waals surface area contributed by atoms with E-state index in [2.05, 4.69) is 15.4 Å². The molecule has 0 aliphatic heterocycles. The molecule has 2 aromatic rings. The first-order chi connectivity index (χ1) is 11.5. The van der Waals surface area contributed by atoms with Gasteiger partial charge < -0.3 is 20.1 Å². The number of esters is 1. The van der Waals surface area contributed by atoms with Gasteiger partial charge in [-0.15, -0.1) is 0 Å². The van der Waals surface area contributed by atoms with Gasteiger partial charge in [0.05, 0.1) is 18.8 Å². The Kier molecular flexibility index (Phi) is 5.78. The number of methoxy groups -OCH3 is 1. The fourth-order valence-corrected chi connectivity index (χ4v) is 1.99. The van der Waals surface area contributed by atoms with Crippen molar-refractivity contribution in [2.45, 2.75) is 20.0 Å². The Morgan fingerprint density at radius 3 is 1.83 bits per heavy atom. The van der Waals surface area contributed by atoms with Gasteiger partial charge in [-0.3, -0.25) is 0 Å². The molecule has 0 heterocycles. The molecule has 0 atom stereocenters. The van der Waals surface area contributed by atoms with Gasteiger partial charge >= 0.3 is 12.0 Å². The van der Waals surface area contributed by atoms with Crippen LogP contribution in [-0.2, 0) is 4.74 Å². The predicted octanol–water partition coefficient (Wildman–Crippen LogP) is 3.90. The van der Waals surface area contributed by atoms with Crippen LogP contribution in [0.3, 0.4) is 0 Å². The summed E-state index contributed by atoms with van der Waals surface area (Å²) in [5.41, 5.74) is 1.64. The van der Waals surface area contributed by atoms with E-state index in [1.165, 1.54) is 7.11 Å². The summed E-state index contributed by atoms with van der Waals surface area (Å²) in [6, 6.07) is 13.2. The molecule has 0 saturated carbocycles. The van der Waals surface area contributed by atoms with Crippen LogP contribution in [0.25, 0.3) is 0 Å². The van der Waals surface area contributed by atoms with E-state index in [1.54, 1.807) is 48.5 Å². The lowest BCUT2D eigenvalue weighted by molar-refractivity contribution is 0.0600. The number of carbonyl (C=O) groups is 2. The van der Waals surface area contributed by atoms with Gasteiger partial charge in [0.1, 0.15) is 5.75 Å². The number of hydrogen-bond acceptors (Lipinski definition) is 4. The molecule has 2 aromatic carbocycles. The van der Waals surface area contributed by atoms with E-state index < -0.39 is 5.97 Å². The molecule has 0 spiro atoms. The van der Waals surface area contributed by atoms with E-state index in [0.29, 0.717) is 16.9 Å². The van der Waals surface area contributed by atoms with E-state index in [9.17, 15) is 9.59 Å². The fourth-order valence-electron chi connectivity index (χ4n) is 1.99. The van der Waals surface area contributed by atoms with E-state index in [-0.39, 0.29) is 12.1 Å². The summed E-state index contributed by atoms with van der Waals surface area (Å²) in [4.78, 5) is 23.3. The molecule has 0 aliphatic rings. The minimum Gasteiger partial charge on any atom is -0.491 e. The molecular formula is C18H20N2O4. The van der Waals surface area contributed by atoms with Crippen LogP contribution in [0.1, 0.15) is 24.2 Å². The van der Waals surface area contributed by atoms with Crippen LogP contribution in [0.4, 0.5) is 16.2 Å². The summed E-state index contributed by atoms with van der Waals surface area (Å²) in [5.74, 6) is 0.323. The number of urea groups is 1. The van der Waals surface area contributed by atoms with Crippen molar-refractivity contribution in [1.82, 2.24) is 0 Å². The maximum atomic E-state index is 12.0. The predicted molar refractivity (Wildman–Crippen MR) is 92.6 cm³/mol. The lowest BCUT2D eigenvalue weighted by Gasteiger charge is -2.11. The molecule has 0 radical (unpaired) electrons. The summed E-state index contributed by atoms with van der Waals surface area (Å²) in [6.07, 6.45) is 0.0973. The zero-order valence-electron chi connectivity index (χ0n) is 13.8. The van der Waals surface area contributed by atoms with Crippen molar-refractivity contribution in [3.8, 4) is 5.75 Å². The molecule has 0 bridgehead atoms. The first-order valence-electron chi connectivity index (χ1n) is 7.51. The second-order valence-electron chi connectivity index (χ2n) is 5.34. The lowest BCUT2D eigenvalue weighted by Crippen LogP contribution is -2.19. The van der Waals surface area contributed by atoms with Crippen LogP contribution in [-0.4, -0.2) is 25.2 Å². The van der Waals surface area contributed by atoms with Crippen molar-refractivity contribution >= 4 is 23.4 Å². The highest BCUT2D eigenvalue weighted by molar-refractivity contribution is 6.00. The average Bonchev–Trinajstić information content (AvgIpc) is 2.56. The van der Waals surface area contributed by atoms with Crippen LogP contribution in [0.2, 0.25) is 0 Å². The van der Waals surface area contributed by atoms with E-state index >= 15 is 0 Å². The Morgan fingerprint density at radius 1 is 0.875 bits per heavy atom. The van der Waals surface area contributed by atoms with E-state index in [0.717, 1.165) is 5.75 Å². The number of nitrogens with one attached hydrogen (secondary N) is 2. The second kappa shape index (κ2) is 8.01. The summed E-state index contributed by atoms with van der Waals surface area (Å²) < 4.78 is 10.2. The number of carbonyl (C=O) groups excluding carboxylic acids is 2. The molecule has 0 aliphatic carbocycles. The largest absolute Gasteiger partial charge is 0.491 e. The van der Waals surface area contributed by atoms with Gasteiger partial charge in [-0.1, -0.05) is 0 Å². The van der Waals surface area contributed by atoms with E-state index in [1.807, 2.05) is 13.8 Å². The van der Waals surface area contributed by atoms with Gasteiger partial charge in [-0.2, -0.15) is 0 Å². The van der Waals surface area contributed by atoms with Crippen molar-refractivity contribution < 1.29 is 19.1 Å². The topological polar surface area (TPSA) is 76.7 Å². The minimum atomic E-state index is -0.422. The zero-order chi connectivity index (χ0) is 17.5. The highest BCUT2D eigenvalue weighted by atomic mass is 16.5. The number of hydrogen-bond donors (Lipinski definition) is 2. The first kappa shape index (κ1) is 17.3. The van der Waals surface area contributed by atoms with Crippen molar-refractivity contribution in [2.75, 3.05) is 17.7 Å². The van der Waals surface area contributed by atoms with Crippen LogP contribution < -0.4 is 15.4 Å². The van der Waals surface area contributed by atoms with Crippen LogP contribution in [0.15, 0.2) is 48.5 Å². The minimum absolute atomic E-state index is 0.0973. The molecule has 0 unspecified atom stereocenters. The zero-order valence-corrected chi connectivity index (χ0v) is 13.8. The Bertz CT molecular complexity index is 694. The third-order valence-corrected chi connectivity index (χ3v) is 3.05. The van der Waals surface area contributed by atoms with Gasteiger partial charge in [0.2, 0.25) is 0 Å². The smallest absolute Gasteiger partial charge is 0.337 e. The molecule has 6 nitrogen and oxygen atoms in total. The van der Waals surface area contributed by atoms with Gasteiger partial charge in [-0.25, -0.2) is 9.59 Å². The van der Waals surface area contributed by atoms with Gasteiger partial charge in [0, 0.05) is 11.4 Å². The van der Waals surface area contributed by atoms with Crippen LogP contribution in [0.5, 0.6) is 5.75 Å². The number of rotatable bonds is 5. The molecule has 6 heteroatoms. The summed E-state index contributed by atoms with van der Waals surface area (Å²) in [6.45, 7) is 3.90. The molecular weight excluding hydrogens is 308 g/mol. The molecule has 2 rings (SSSR count). The number of benzene rings is 2. The Morgan fingerprint density at radius 2 is 1.38 bits per heavy atom. The van der Waals surface area contributed by atoms with Gasteiger partial charge in [0.25, 0.3) is 0 Å². The first-order valence-corrected chi connectivity index (χ1v) is 7.51. The third-order valence-electron chi connectivity index (χ3n) is 3.05. The van der Waals surface area contributed by atoms with Gasteiger partial charge in [-0.05, 0) is 62.4 Å². The maximum Gasteiger partial charge on any atom is 0.337 e. The van der Waals surface area contributed by atoms with E-state index in [4.69, 9.17) is 4.74 Å². The Labute approximate surface area is 140 Å². The standard InChI is InChI=1S/C18H20N2O4/c1-12(2)24-16-10-8-15(9-11-16)20-18(22)19-14-6-4-13(5-7-14)17(21)23-3/h4-12H,1-3H3,(H2,19,20,22). The lowest BCUT2D eigenvalue weighted by atomic mass is 10.2. The van der Waals surface area contributed by atoms with Crippen molar-refractivity contribution in [3.63, 3.8) is 0 Å². The summed E-state index contributed by atoms with van der Waals surface area (Å²) in [5, 5.41) is 5.41. The van der Waals surface area contributed by atoms with Crippen LogP contribution >= 0.6 is 0 Å². The highest BCUT2D eigenvalue weighted by Gasteiger charge is 2.07. The Balaban J connectivity index is 1.92. The van der Waals surface area contributed by atoms with Crippen LogP contribution in [0, 0.1) is 0 Å². The SMILES string of the molecule is COC(=O)c1ccc(NC(=O)Nc2ccc(OC(C)C)cc2)cc1. The highest BCUT2D eigenvalue weighted by Crippen LogP contribution is 2.17. The molecule has 0 fully saturated rings. The van der Waals surface area contributed by atoms with Crippen molar-refractivity contribution in [1.29, 1.82) is 0 Å². The summed E-state index contributed by atoms with van der Waals surface area (Å²) >= 11 is 0. The normalized spacial score (nSPS) is 10.2. The fraction of sp³-hybridized carbons (Fsp3) is 0.222. The maximum absolute atomic E-state index is 12.0. The summed E-state index contributed by atoms with van der Waals surface area (Å²) in [7, 11) is 1.32. The van der Waals surface area contributed by atoms with Gasteiger partial charge in [0.15, 0.2) is 0 Å². The number of ether oxygens (including phenoxy) is 2. The average molecular weight is 328 g/mol. The number of amides is 2. The third kappa shape index (κ3) is 5.01.